The molecule has 6 nitrogen and oxygen atoms in total. The lowest BCUT2D eigenvalue weighted by Gasteiger charge is -2.22. The predicted molar refractivity (Wildman–Crippen MR) is 122 cm³/mol. The van der Waals surface area contributed by atoms with Crippen molar-refractivity contribution in [1.29, 1.82) is 0 Å². The SMILES string of the molecule is C=CC(=O)N1CC2CN(C(=O)CNc3cc(-c4ccccc4)c(Cl)cc3OC)CC2C1. The molecule has 0 aromatic heterocycles. The van der Waals surface area contributed by atoms with Crippen LogP contribution >= 0.6 is 11.6 Å². The van der Waals surface area contributed by atoms with Crippen molar-refractivity contribution in [3.8, 4) is 16.9 Å². The standard InChI is InChI=1S/C24H26ClN3O3/c1-3-23(29)27-12-17-14-28(15-18(17)13-27)24(30)11-26-21-9-19(16-7-5-4-6-8-16)20(25)10-22(21)31-2/h3-10,17-18,26H,1,11-15H2,2H3. The maximum atomic E-state index is 12.8. The van der Waals surface area contributed by atoms with Crippen LogP contribution in [0.25, 0.3) is 11.1 Å². The Morgan fingerprint density at radius 3 is 2.39 bits per heavy atom. The molecule has 2 aromatic rings. The molecule has 2 saturated heterocycles. The Hall–Kier alpha value is -2.99. The second-order valence-electron chi connectivity index (χ2n) is 8.02. The molecule has 2 atom stereocenters. The van der Waals surface area contributed by atoms with Gasteiger partial charge in [0.2, 0.25) is 11.8 Å². The number of rotatable bonds is 6. The number of anilines is 1. The van der Waals surface area contributed by atoms with Crippen molar-refractivity contribution in [2.24, 2.45) is 11.8 Å². The third-order valence-electron chi connectivity index (χ3n) is 6.13. The molecule has 2 heterocycles. The summed E-state index contributed by atoms with van der Waals surface area (Å²) >= 11 is 6.46. The maximum absolute atomic E-state index is 12.8. The Morgan fingerprint density at radius 1 is 1.13 bits per heavy atom. The molecule has 31 heavy (non-hydrogen) atoms. The minimum atomic E-state index is -0.0296. The van der Waals surface area contributed by atoms with Crippen LogP contribution < -0.4 is 10.1 Å². The first-order valence-electron chi connectivity index (χ1n) is 10.4. The van der Waals surface area contributed by atoms with Gasteiger partial charge in [-0.25, -0.2) is 0 Å². The Morgan fingerprint density at radius 2 is 1.77 bits per heavy atom. The third kappa shape index (κ3) is 4.39. The van der Waals surface area contributed by atoms with Crippen molar-refractivity contribution in [3.05, 3.63) is 60.1 Å². The number of carbonyl (C=O) groups is 2. The van der Waals surface area contributed by atoms with Crippen molar-refractivity contribution >= 4 is 29.1 Å². The van der Waals surface area contributed by atoms with Crippen LogP contribution in [0.3, 0.4) is 0 Å². The molecule has 2 amide bonds. The van der Waals surface area contributed by atoms with E-state index in [0.717, 1.165) is 16.8 Å². The fourth-order valence-electron chi connectivity index (χ4n) is 4.49. The molecule has 2 aliphatic rings. The maximum Gasteiger partial charge on any atom is 0.245 e. The first kappa shape index (κ1) is 21.2. The molecule has 0 saturated carbocycles. The second-order valence-corrected chi connectivity index (χ2v) is 8.43. The number of nitrogens with one attached hydrogen (secondary N) is 1. The summed E-state index contributed by atoms with van der Waals surface area (Å²) in [6, 6.07) is 13.5. The Kier molecular flexibility index (Phi) is 6.18. The summed E-state index contributed by atoms with van der Waals surface area (Å²) in [6.07, 6.45) is 1.36. The molecule has 0 radical (unpaired) electrons. The number of benzene rings is 2. The van der Waals surface area contributed by atoms with E-state index >= 15 is 0 Å². The Balaban J connectivity index is 1.41. The largest absolute Gasteiger partial charge is 0.495 e. The van der Waals surface area contributed by atoms with Gasteiger partial charge in [0.15, 0.2) is 0 Å². The van der Waals surface area contributed by atoms with E-state index in [1.54, 1.807) is 13.2 Å². The number of likely N-dealkylation sites (tertiary alicyclic amines) is 2. The summed E-state index contributed by atoms with van der Waals surface area (Å²) in [6.45, 7) is 6.47. The first-order chi connectivity index (χ1) is 15.0. The van der Waals surface area contributed by atoms with Gasteiger partial charge in [0.05, 0.1) is 24.4 Å². The van der Waals surface area contributed by atoms with Crippen LogP contribution in [0.4, 0.5) is 5.69 Å². The van der Waals surface area contributed by atoms with Gasteiger partial charge in [0.25, 0.3) is 0 Å². The summed E-state index contributed by atoms with van der Waals surface area (Å²) in [7, 11) is 1.58. The van der Waals surface area contributed by atoms with Crippen LogP contribution in [0.5, 0.6) is 5.75 Å². The zero-order chi connectivity index (χ0) is 22.0. The number of hydrogen-bond donors (Lipinski definition) is 1. The van der Waals surface area contributed by atoms with E-state index in [9.17, 15) is 9.59 Å². The van der Waals surface area contributed by atoms with Crippen LogP contribution in [0.15, 0.2) is 55.1 Å². The highest BCUT2D eigenvalue weighted by Crippen LogP contribution is 2.37. The van der Waals surface area contributed by atoms with Gasteiger partial charge in [-0.05, 0) is 17.7 Å². The Bertz CT molecular complexity index is 981. The molecule has 0 spiro atoms. The fourth-order valence-corrected chi connectivity index (χ4v) is 4.75. The van der Waals surface area contributed by atoms with Crippen LogP contribution in [-0.2, 0) is 9.59 Å². The van der Waals surface area contributed by atoms with Gasteiger partial charge in [-0.1, -0.05) is 48.5 Å². The van der Waals surface area contributed by atoms with Gasteiger partial charge in [0, 0.05) is 49.6 Å². The number of nitrogens with zero attached hydrogens (tertiary/aromatic N) is 2. The molecule has 0 aliphatic carbocycles. The van der Waals surface area contributed by atoms with E-state index in [0.29, 0.717) is 48.8 Å². The number of fused-ring (bicyclic) bond motifs is 1. The van der Waals surface area contributed by atoms with Crippen molar-refractivity contribution in [1.82, 2.24) is 9.80 Å². The second kappa shape index (κ2) is 9.02. The smallest absolute Gasteiger partial charge is 0.245 e. The van der Waals surface area contributed by atoms with E-state index in [1.165, 1.54) is 6.08 Å². The number of halogens is 1. The summed E-state index contributed by atoms with van der Waals surface area (Å²) < 4.78 is 5.46. The molecule has 2 aromatic carbocycles. The molecule has 1 N–H and O–H groups in total. The lowest BCUT2D eigenvalue weighted by molar-refractivity contribution is -0.128. The molecule has 2 fully saturated rings. The molecule has 0 bridgehead atoms. The van der Waals surface area contributed by atoms with E-state index in [1.807, 2.05) is 46.2 Å². The summed E-state index contributed by atoms with van der Waals surface area (Å²) in [5.74, 6) is 1.27. The number of carbonyl (C=O) groups excluding carboxylic acids is 2. The summed E-state index contributed by atoms with van der Waals surface area (Å²) in [5, 5.41) is 3.82. The van der Waals surface area contributed by atoms with E-state index in [4.69, 9.17) is 16.3 Å². The number of methoxy groups -OCH3 is 1. The van der Waals surface area contributed by atoms with Crippen LogP contribution in [-0.4, -0.2) is 61.4 Å². The predicted octanol–water partition coefficient (Wildman–Crippen LogP) is 3.53. The van der Waals surface area contributed by atoms with Crippen LogP contribution in [0.2, 0.25) is 5.02 Å². The molecule has 2 unspecified atom stereocenters. The van der Waals surface area contributed by atoms with Crippen molar-refractivity contribution < 1.29 is 14.3 Å². The third-order valence-corrected chi connectivity index (χ3v) is 6.44. The first-order valence-corrected chi connectivity index (χ1v) is 10.7. The molecular weight excluding hydrogens is 414 g/mol. The summed E-state index contributed by atoms with van der Waals surface area (Å²) in [4.78, 5) is 28.4. The van der Waals surface area contributed by atoms with Crippen LogP contribution in [0.1, 0.15) is 0 Å². The molecule has 4 rings (SSSR count). The van der Waals surface area contributed by atoms with Gasteiger partial charge in [0.1, 0.15) is 5.75 Å². The molecule has 2 aliphatic heterocycles. The van der Waals surface area contributed by atoms with E-state index in [2.05, 4.69) is 11.9 Å². The summed E-state index contributed by atoms with van der Waals surface area (Å²) in [5.41, 5.74) is 2.59. The average molecular weight is 440 g/mol. The van der Waals surface area contributed by atoms with Crippen molar-refractivity contribution in [2.75, 3.05) is 45.2 Å². The van der Waals surface area contributed by atoms with Gasteiger partial charge < -0.3 is 19.9 Å². The number of amides is 2. The number of ether oxygens (including phenoxy) is 1. The fraction of sp³-hybridized carbons (Fsp3) is 0.333. The zero-order valence-electron chi connectivity index (χ0n) is 17.5. The molecular formula is C24H26ClN3O3. The highest BCUT2D eigenvalue weighted by molar-refractivity contribution is 6.33. The monoisotopic (exact) mass is 439 g/mol. The minimum absolute atomic E-state index is 0.0296. The van der Waals surface area contributed by atoms with Crippen molar-refractivity contribution in [3.63, 3.8) is 0 Å². The lowest BCUT2D eigenvalue weighted by Crippen LogP contribution is -2.37. The van der Waals surface area contributed by atoms with Gasteiger partial charge >= 0.3 is 0 Å². The zero-order valence-corrected chi connectivity index (χ0v) is 18.3. The minimum Gasteiger partial charge on any atom is -0.495 e. The van der Waals surface area contributed by atoms with E-state index < -0.39 is 0 Å². The van der Waals surface area contributed by atoms with Gasteiger partial charge in [-0.15, -0.1) is 0 Å². The quantitative estimate of drug-likeness (QED) is 0.699. The molecule has 7 heteroatoms. The van der Waals surface area contributed by atoms with Crippen molar-refractivity contribution in [2.45, 2.75) is 0 Å². The van der Waals surface area contributed by atoms with Crippen LogP contribution in [0, 0.1) is 11.8 Å². The van der Waals surface area contributed by atoms with Gasteiger partial charge in [-0.3, -0.25) is 9.59 Å². The average Bonchev–Trinajstić information content (AvgIpc) is 3.37. The topological polar surface area (TPSA) is 61.9 Å². The normalized spacial score (nSPS) is 19.8. The highest BCUT2D eigenvalue weighted by atomic mass is 35.5. The van der Waals surface area contributed by atoms with Gasteiger partial charge in [-0.2, -0.15) is 0 Å². The highest BCUT2D eigenvalue weighted by Gasteiger charge is 2.42. The Labute approximate surface area is 187 Å². The lowest BCUT2D eigenvalue weighted by atomic mass is 10.0. The van der Waals surface area contributed by atoms with E-state index in [-0.39, 0.29) is 18.4 Å². The number of hydrogen-bond acceptors (Lipinski definition) is 4. The molecule has 162 valence electrons.